The number of aryl methyl sites for hydroxylation is 1. The summed E-state index contributed by atoms with van der Waals surface area (Å²) < 4.78 is 1.70. The van der Waals surface area contributed by atoms with Crippen LogP contribution in [-0.2, 0) is 18.4 Å². The minimum atomic E-state index is -0.359. The number of carbonyl (C=O) groups is 1. The maximum Gasteiger partial charge on any atom is 0.231 e. The second-order valence-corrected chi connectivity index (χ2v) is 4.51. The van der Waals surface area contributed by atoms with Gasteiger partial charge in [-0.1, -0.05) is 6.92 Å². The second-order valence-electron chi connectivity index (χ2n) is 4.51. The predicted octanol–water partition coefficient (Wildman–Crippen LogP) is -0.288. The van der Waals surface area contributed by atoms with E-state index in [9.17, 15) is 4.79 Å². The van der Waals surface area contributed by atoms with E-state index < -0.39 is 0 Å². The molecule has 3 N–H and O–H groups in total. The molecule has 2 rings (SSSR count). The normalized spacial score (nSPS) is 11.2. The Labute approximate surface area is 117 Å². The van der Waals surface area contributed by atoms with Crippen molar-refractivity contribution in [3.63, 3.8) is 0 Å². The SMILES string of the molecule is CCN(CC(N)=O)Cc1nc(NC)c2cnn(C)c2n1. The van der Waals surface area contributed by atoms with E-state index in [4.69, 9.17) is 5.73 Å². The highest BCUT2D eigenvalue weighted by atomic mass is 16.1. The number of amides is 1. The fourth-order valence-corrected chi connectivity index (χ4v) is 2.03. The molecular formula is C12H19N7O. The van der Waals surface area contributed by atoms with E-state index in [0.717, 1.165) is 16.9 Å². The Morgan fingerprint density at radius 2 is 2.25 bits per heavy atom. The molecule has 0 aromatic carbocycles. The number of nitrogens with two attached hydrogens (primary N) is 1. The number of aromatic nitrogens is 4. The fourth-order valence-electron chi connectivity index (χ4n) is 2.03. The summed E-state index contributed by atoms with van der Waals surface area (Å²) in [6, 6.07) is 0. The van der Waals surface area contributed by atoms with E-state index in [-0.39, 0.29) is 12.5 Å². The first kappa shape index (κ1) is 14.2. The highest BCUT2D eigenvalue weighted by Gasteiger charge is 2.13. The van der Waals surface area contributed by atoms with E-state index in [0.29, 0.717) is 18.9 Å². The van der Waals surface area contributed by atoms with Crippen molar-refractivity contribution in [3.05, 3.63) is 12.0 Å². The van der Waals surface area contributed by atoms with Crippen molar-refractivity contribution < 1.29 is 4.79 Å². The van der Waals surface area contributed by atoms with Gasteiger partial charge in [0.05, 0.1) is 24.7 Å². The Morgan fingerprint density at radius 1 is 1.50 bits per heavy atom. The highest BCUT2D eigenvalue weighted by Crippen LogP contribution is 2.19. The van der Waals surface area contributed by atoms with Crippen LogP contribution in [-0.4, -0.2) is 50.7 Å². The summed E-state index contributed by atoms with van der Waals surface area (Å²) >= 11 is 0. The van der Waals surface area contributed by atoms with Crippen LogP contribution in [0.15, 0.2) is 6.20 Å². The molecule has 0 saturated carbocycles. The first-order valence-corrected chi connectivity index (χ1v) is 6.42. The van der Waals surface area contributed by atoms with E-state index >= 15 is 0 Å². The lowest BCUT2D eigenvalue weighted by Crippen LogP contribution is -2.33. The smallest absolute Gasteiger partial charge is 0.231 e. The summed E-state index contributed by atoms with van der Waals surface area (Å²) in [5, 5.41) is 8.09. The number of hydrogen-bond acceptors (Lipinski definition) is 6. The van der Waals surface area contributed by atoms with Crippen molar-refractivity contribution >= 4 is 22.8 Å². The molecule has 0 bridgehead atoms. The monoisotopic (exact) mass is 277 g/mol. The van der Waals surface area contributed by atoms with E-state index in [1.54, 1.807) is 17.9 Å². The number of likely N-dealkylation sites (N-methyl/N-ethyl adjacent to an activating group) is 1. The number of rotatable bonds is 6. The van der Waals surface area contributed by atoms with Gasteiger partial charge in [0.2, 0.25) is 5.91 Å². The number of primary amides is 1. The van der Waals surface area contributed by atoms with Crippen LogP contribution in [0.25, 0.3) is 11.0 Å². The minimum absolute atomic E-state index is 0.193. The van der Waals surface area contributed by atoms with Crippen LogP contribution in [0.2, 0.25) is 0 Å². The van der Waals surface area contributed by atoms with Gasteiger partial charge in [-0.25, -0.2) is 9.97 Å². The largest absolute Gasteiger partial charge is 0.372 e. The van der Waals surface area contributed by atoms with Crippen LogP contribution in [0, 0.1) is 0 Å². The van der Waals surface area contributed by atoms with Gasteiger partial charge in [0.15, 0.2) is 5.65 Å². The fraction of sp³-hybridized carbons (Fsp3) is 0.500. The Bertz CT molecular complexity index is 622. The molecule has 108 valence electrons. The highest BCUT2D eigenvalue weighted by molar-refractivity contribution is 5.86. The van der Waals surface area contributed by atoms with Gasteiger partial charge in [0.25, 0.3) is 0 Å². The Hall–Kier alpha value is -2.22. The third-order valence-electron chi connectivity index (χ3n) is 3.07. The molecule has 1 amide bonds. The van der Waals surface area contributed by atoms with Gasteiger partial charge in [0.1, 0.15) is 11.6 Å². The maximum absolute atomic E-state index is 11.0. The van der Waals surface area contributed by atoms with Gasteiger partial charge in [-0.05, 0) is 6.54 Å². The summed E-state index contributed by atoms with van der Waals surface area (Å²) in [7, 11) is 3.64. The number of carbonyl (C=O) groups excluding carboxylic acids is 1. The topological polar surface area (TPSA) is 102 Å². The molecule has 0 atom stereocenters. The molecule has 8 nitrogen and oxygen atoms in total. The standard InChI is InChI=1S/C12H19N7O/c1-4-19(6-9(13)20)7-10-16-11(14-2)8-5-15-18(3)12(8)17-10/h5H,4,6-7H2,1-3H3,(H2,13,20)(H,14,16,17). The lowest BCUT2D eigenvalue weighted by molar-refractivity contribution is -0.119. The van der Waals surface area contributed by atoms with Crippen LogP contribution < -0.4 is 11.1 Å². The number of hydrogen-bond donors (Lipinski definition) is 2. The average molecular weight is 277 g/mol. The van der Waals surface area contributed by atoms with Crippen molar-refractivity contribution in [1.29, 1.82) is 0 Å². The molecule has 0 aliphatic heterocycles. The van der Waals surface area contributed by atoms with Crippen molar-refractivity contribution in [2.45, 2.75) is 13.5 Å². The average Bonchev–Trinajstić information content (AvgIpc) is 2.78. The zero-order valence-corrected chi connectivity index (χ0v) is 11.9. The summed E-state index contributed by atoms with van der Waals surface area (Å²) in [5.41, 5.74) is 5.99. The third-order valence-corrected chi connectivity index (χ3v) is 3.07. The van der Waals surface area contributed by atoms with Gasteiger partial charge in [-0.3, -0.25) is 14.4 Å². The minimum Gasteiger partial charge on any atom is -0.372 e. The Morgan fingerprint density at radius 3 is 2.85 bits per heavy atom. The molecule has 8 heteroatoms. The maximum atomic E-state index is 11.0. The number of fused-ring (bicyclic) bond motifs is 1. The number of nitrogens with one attached hydrogen (secondary N) is 1. The summed E-state index contributed by atoms with van der Waals surface area (Å²) in [5.74, 6) is 1.00. The van der Waals surface area contributed by atoms with Crippen molar-refractivity contribution in [3.8, 4) is 0 Å². The summed E-state index contributed by atoms with van der Waals surface area (Å²) in [4.78, 5) is 21.9. The third kappa shape index (κ3) is 2.85. The summed E-state index contributed by atoms with van der Waals surface area (Å²) in [6.07, 6.45) is 1.73. The molecule has 2 aromatic rings. The zero-order valence-electron chi connectivity index (χ0n) is 11.9. The number of nitrogens with zero attached hydrogens (tertiary/aromatic N) is 5. The van der Waals surface area contributed by atoms with Gasteiger partial charge >= 0.3 is 0 Å². The van der Waals surface area contributed by atoms with Crippen molar-refractivity contribution in [1.82, 2.24) is 24.6 Å². The van der Waals surface area contributed by atoms with Crippen LogP contribution in [0.4, 0.5) is 5.82 Å². The lowest BCUT2D eigenvalue weighted by atomic mass is 10.3. The first-order valence-electron chi connectivity index (χ1n) is 6.42. The van der Waals surface area contributed by atoms with E-state index in [1.807, 2.05) is 18.9 Å². The molecule has 0 aliphatic rings. The van der Waals surface area contributed by atoms with Crippen LogP contribution in [0.5, 0.6) is 0 Å². The van der Waals surface area contributed by atoms with Gasteiger partial charge in [-0.2, -0.15) is 5.10 Å². The molecule has 20 heavy (non-hydrogen) atoms. The second kappa shape index (κ2) is 5.83. The first-order chi connectivity index (χ1) is 9.55. The quantitative estimate of drug-likeness (QED) is 0.752. The molecule has 0 fully saturated rings. The van der Waals surface area contributed by atoms with Crippen molar-refractivity contribution in [2.75, 3.05) is 25.5 Å². The zero-order chi connectivity index (χ0) is 14.7. The lowest BCUT2D eigenvalue weighted by Gasteiger charge is -2.17. The Kier molecular flexibility index (Phi) is 4.14. The molecule has 2 aromatic heterocycles. The molecule has 0 saturated heterocycles. The molecule has 0 radical (unpaired) electrons. The molecule has 0 spiro atoms. The van der Waals surface area contributed by atoms with E-state index in [2.05, 4.69) is 20.4 Å². The van der Waals surface area contributed by atoms with E-state index in [1.165, 1.54) is 0 Å². The van der Waals surface area contributed by atoms with Crippen molar-refractivity contribution in [2.24, 2.45) is 12.8 Å². The van der Waals surface area contributed by atoms with Gasteiger partial charge in [0, 0.05) is 14.1 Å². The van der Waals surface area contributed by atoms with Crippen LogP contribution >= 0.6 is 0 Å². The summed E-state index contributed by atoms with van der Waals surface area (Å²) in [6.45, 7) is 3.32. The predicted molar refractivity (Wildman–Crippen MR) is 76.0 cm³/mol. The molecule has 2 heterocycles. The molecule has 0 aliphatic carbocycles. The van der Waals surface area contributed by atoms with Crippen LogP contribution in [0.1, 0.15) is 12.7 Å². The molecule has 0 unspecified atom stereocenters. The van der Waals surface area contributed by atoms with Crippen LogP contribution in [0.3, 0.4) is 0 Å². The molecular weight excluding hydrogens is 258 g/mol. The van der Waals surface area contributed by atoms with Gasteiger partial charge in [-0.15, -0.1) is 0 Å². The van der Waals surface area contributed by atoms with Gasteiger partial charge < -0.3 is 11.1 Å². The Balaban J connectivity index is 2.34. The number of anilines is 1.